The van der Waals surface area contributed by atoms with Crippen LogP contribution in [0.4, 0.5) is 9.59 Å². The predicted octanol–water partition coefficient (Wildman–Crippen LogP) is 3.13. The van der Waals surface area contributed by atoms with Crippen LogP contribution in [0.25, 0.3) is 0 Å². The molecular formula is C31H42N4O9. The number of hydrogen-bond acceptors (Lipinski definition) is 9. The molecule has 240 valence electrons. The van der Waals surface area contributed by atoms with Crippen LogP contribution < -0.4 is 26.0 Å². The normalized spacial score (nSPS) is 12.5. The molecule has 2 aromatic rings. The first-order valence-electron chi connectivity index (χ1n) is 13.9. The summed E-state index contributed by atoms with van der Waals surface area (Å²) in [5, 5.41) is 9.94. The number of benzene rings is 2. The van der Waals surface area contributed by atoms with Gasteiger partial charge in [0.2, 0.25) is 11.8 Å². The van der Waals surface area contributed by atoms with Crippen LogP contribution in [-0.2, 0) is 35.2 Å². The van der Waals surface area contributed by atoms with Crippen molar-refractivity contribution in [3.8, 4) is 5.75 Å². The maximum absolute atomic E-state index is 13.4. The van der Waals surface area contributed by atoms with Gasteiger partial charge in [-0.2, -0.15) is 0 Å². The summed E-state index contributed by atoms with van der Waals surface area (Å²) >= 11 is 0. The summed E-state index contributed by atoms with van der Waals surface area (Å²) < 4.78 is 21.1. The number of ether oxygens (including phenoxy) is 4. The minimum Gasteiger partial charge on any atom is -0.497 e. The molecule has 0 aliphatic rings. The highest BCUT2D eigenvalue weighted by atomic mass is 16.6. The second-order valence-electron chi connectivity index (χ2n) is 11.7. The van der Waals surface area contributed by atoms with Crippen molar-refractivity contribution in [2.75, 3.05) is 20.2 Å². The lowest BCUT2D eigenvalue weighted by molar-refractivity contribution is -0.159. The summed E-state index contributed by atoms with van der Waals surface area (Å²) in [6.07, 6.45) is -1.65. The Morgan fingerprint density at radius 1 is 0.705 bits per heavy atom. The molecule has 0 aromatic heterocycles. The van der Waals surface area contributed by atoms with Gasteiger partial charge in [0, 0.05) is 0 Å². The van der Waals surface area contributed by atoms with Crippen LogP contribution in [-0.4, -0.2) is 67.4 Å². The van der Waals surface area contributed by atoms with Crippen molar-refractivity contribution in [1.29, 1.82) is 0 Å². The predicted molar refractivity (Wildman–Crippen MR) is 161 cm³/mol. The quantitative estimate of drug-likeness (QED) is 0.207. The van der Waals surface area contributed by atoms with E-state index in [-0.39, 0.29) is 6.61 Å². The zero-order valence-electron chi connectivity index (χ0n) is 26.1. The standard InChI is InChI=1S/C31H42N4O9/c1-30(2,3)43-27(38)26(35-24(37)17-32-28(39)42-19-20-11-9-8-10-12-20)25(21-13-15-22(41-7)16-14-21)34-23(36)18-33-29(40)44-31(4,5)6/h8-16,25-26H,17-19H2,1-7H3,(H,32,39)(H,33,40)(H,34,36)(H,35,37)/t25-,26+/m1/s1. The highest BCUT2D eigenvalue weighted by molar-refractivity contribution is 5.89. The molecule has 2 atom stereocenters. The molecule has 44 heavy (non-hydrogen) atoms. The third-order valence-corrected chi connectivity index (χ3v) is 5.50. The van der Waals surface area contributed by atoms with Gasteiger partial charge in [0.05, 0.1) is 13.2 Å². The molecule has 0 saturated heterocycles. The Labute approximate surface area is 257 Å². The highest BCUT2D eigenvalue weighted by Crippen LogP contribution is 2.23. The number of esters is 1. The smallest absolute Gasteiger partial charge is 0.408 e. The first-order chi connectivity index (χ1) is 20.6. The van der Waals surface area contributed by atoms with E-state index in [2.05, 4.69) is 21.3 Å². The fourth-order valence-electron chi connectivity index (χ4n) is 3.66. The molecule has 13 nitrogen and oxygen atoms in total. The minimum absolute atomic E-state index is 0.00225. The highest BCUT2D eigenvalue weighted by Gasteiger charge is 2.36. The van der Waals surface area contributed by atoms with Gasteiger partial charge in [0.25, 0.3) is 0 Å². The van der Waals surface area contributed by atoms with Crippen LogP contribution in [0.1, 0.15) is 58.7 Å². The molecule has 0 saturated carbocycles. The van der Waals surface area contributed by atoms with Crippen molar-refractivity contribution in [2.45, 2.75) is 71.4 Å². The van der Waals surface area contributed by atoms with Gasteiger partial charge in [-0.05, 0) is 64.8 Å². The molecule has 0 aliphatic carbocycles. The second-order valence-corrected chi connectivity index (χ2v) is 11.7. The molecule has 0 spiro atoms. The van der Waals surface area contributed by atoms with Crippen LogP contribution >= 0.6 is 0 Å². The van der Waals surface area contributed by atoms with Crippen LogP contribution in [0.15, 0.2) is 54.6 Å². The number of rotatable bonds is 12. The van der Waals surface area contributed by atoms with E-state index < -0.39 is 66.3 Å². The van der Waals surface area contributed by atoms with Crippen molar-refractivity contribution in [3.05, 3.63) is 65.7 Å². The summed E-state index contributed by atoms with van der Waals surface area (Å²) in [6, 6.07) is 12.8. The fourth-order valence-corrected chi connectivity index (χ4v) is 3.66. The maximum Gasteiger partial charge on any atom is 0.408 e. The lowest BCUT2D eigenvalue weighted by atomic mass is 9.98. The summed E-state index contributed by atoms with van der Waals surface area (Å²) in [4.78, 5) is 63.6. The van der Waals surface area contributed by atoms with Crippen LogP contribution in [0, 0.1) is 0 Å². The third kappa shape index (κ3) is 13.4. The summed E-state index contributed by atoms with van der Waals surface area (Å²) in [6.45, 7) is 8.98. The van der Waals surface area contributed by atoms with Crippen LogP contribution in [0.5, 0.6) is 5.75 Å². The van der Waals surface area contributed by atoms with E-state index in [0.29, 0.717) is 11.3 Å². The van der Waals surface area contributed by atoms with Gasteiger partial charge in [-0.1, -0.05) is 42.5 Å². The number of nitrogens with one attached hydrogen (secondary N) is 4. The average Bonchev–Trinajstić information content (AvgIpc) is 2.94. The van der Waals surface area contributed by atoms with E-state index in [1.54, 1.807) is 90.1 Å². The Hall–Kier alpha value is -4.81. The molecule has 0 unspecified atom stereocenters. The van der Waals surface area contributed by atoms with E-state index in [1.807, 2.05) is 6.07 Å². The number of alkyl carbamates (subject to hydrolysis) is 2. The molecule has 0 aliphatic heterocycles. The van der Waals surface area contributed by atoms with Gasteiger partial charge in [0.1, 0.15) is 36.6 Å². The SMILES string of the molecule is COc1ccc([C@@H](NC(=O)CNC(=O)OC(C)(C)C)[C@H](NC(=O)CNC(=O)OCc2ccccc2)C(=O)OC(C)(C)C)cc1. The zero-order chi connectivity index (χ0) is 32.9. The topological polar surface area (TPSA) is 170 Å². The molecule has 0 heterocycles. The monoisotopic (exact) mass is 614 g/mol. The van der Waals surface area contributed by atoms with Crippen molar-refractivity contribution in [1.82, 2.24) is 21.3 Å². The molecule has 2 aromatic carbocycles. The van der Waals surface area contributed by atoms with E-state index in [4.69, 9.17) is 18.9 Å². The van der Waals surface area contributed by atoms with Crippen molar-refractivity contribution >= 4 is 30.0 Å². The molecular weight excluding hydrogens is 572 g/mol. The Bertz CT molecular complexity index is 1270. The largest absolute Gasteiger partial charge is 0.497 e. The number of hydrogen-bond donors (Lipinski definition) is 4. The third-order valence-electron chi connectivity index (χ3n) is 5.50. The van der Waals surface area contributed by atoms with Gasteiger partial charge < -0.3 is 40.2 Å². The van der Waals surface area contributed by atoms with E-state index in [9.17, 15) is 24.0 Å². The Kier molecular flexibility index (Phi) is 13.0. The second kappa shape index (κ2) is 16.1. The van der Waals surface area contributed by atoms with Gasteiger partial charge in [-0.3, -0.25) is 9.59 Å². The van der Waals surface area contributed by atoms with E-state index in [1.165, 1.54) is 7.11 Å². The fraction of sp³-hybridized carbons (Fsp3) is 0.452. The average molecular weight is 615 g/mol. The lowest BCUT2D eigenvalue weighted by Gasteiger charge is -2.31. The van der Waals surface area contributed by atoms with Crippen LogP contribution in [0.3, 0.4) is 0 Å². The molecule has 2 rings (SSSR count). The first kappa shape index (κ1) is 35.4. The van der Waals surface area contributed by atoms with Gasteiger partial charge in [0.15, 0.2) is 6.04 Å². The van der Waals surface area contributed by atoms with E-state index in [0.717, 1.165) is 5.56 Å². The molecule has 4 amide bonds. The van der Waals surface area contributed by atoms with Crippen LogP contribution in [0.2, 0.25) is 0 Å². The molecule has 13 heteroatoms. The van der Waals surface area contributed by atoms with Gasteiger partial charge in [-0.15, -0.1) is 0 Å². The van der Waals surface area contributed by atoms with Gasteiger partial charge in [-0.25, -0.2) is 14.4 Å². The number of methoxy groups -OCH3 is 1. The molecule has 0 radical (unpaired) electrons. The number of carbonyl (C=O) groups excluding carboxylic acids is 5. The van der Waals surface area contributed by atoms with Crippen molar-refractivity contribution in [2.24, 2.45) is 0 Å². The van der Waals surface area contributed by atoms with Crippen molar-refractivity contribution in [3.63, 3.8) is 0 Å². The maximum atomic E-state index is 13.4. The zero-order valence-corrected chi connectivity index (χ0v) is 26.1. The molecule has 0 fully saturated rings. The van der Waals surface area contributed by atoms with Gasteiger partial charge >= 0.3 is 18.2 Å². The first-order valence-corrected chi connectivity index (χ1v) is 13.9. The summed E-state index contributed by atoms with van der Waals surface area (Å²) in [5.74, 6) is -1.76. The van der Waals surface area contributed by atoms with E-state index >= 15 is 0 Å². The number of amides is 4. The summed E-state index contributed by atoms with van der Waals surface area (Å²) in [5.41, 5.74) is -0.536. The minimum atomic E-state index is -1.44. The summed E-state index contributed by atoms with van der Waals surface area (Å²) in [7, 11) is 1.48. The lowest BCUT2D eigenvalue weighted by Crippen LogP contribution is -2.55. The molecule has 4 N–H and O–H groups in total. The Morgan fingerprint density at radius 2 is 1.25 bits per heavy atom. The van der Waals surface area contributed by atoms with Crippen molar-refractivity contribution < 1.29 is 42.9 Å². The Morgan fingerprint density at radius 3 is 1.80 bits per heavy atom. The number of carbonyl (C=O) groups is 5. The Balaban J connectivity index is 2.23. The molecule has 0 bridgehead atoms.